The van der Waals surface area contributed by atoms with Gasteiger partial charge in [0.1, 0.15) is 0 Å². The van der Waals surface area contributed by atoms with Gasteiger partial charge in [0.25, 0.3) is 5.91 Å². The first kappa shape index (κ1) is 25.6. The Bertz CT molecular complexity index is 963. The molecule has 2 aromatic rings. The molecule has 8 nitrogen and oxygen atoms in total. The molecule has 0 saturated heterocycles. The molecule has 0 aliphatic heterocycles. The number of carbonyl (C=O) groups excluding carboxylic acids is 4. The summed E-state index contributed by atoms with van der Waals surface area (Å²) in [4.78, 5) is 47.9. The second kappa shape index (κ2) is 13.0. The molecule has 2 aromatic carbocycles. The van der Waals surface area contributed by atoms with Gasteiger partial charge in [0.15, 0.2) is 6.61 Å². The second-order valence-corrected chi connectivity index (χ2v) is 7.21. The Kier molecular flexibility index (Phi) is 10.1. The average molecular weight is 455 g/mol. The lowest BCUT2D eigenvalue weighted by Crippen LogP contribution is -2.23. The number of para-hydroxylation sites is 1. The van der Waals surface area contributed by atoms with Crippen LogP contribution in [0, 0.1) is 0 Å². The van der Waals surface area contributed by atoms with E-state index in [4.69, 9.17) is 9.47 Å². The minimum absolute atomic E-state index is 0.0985. The maximum Gasteiger partial charge on any atom is 0.338 e. The number of nitrogens with one attached hydrogen (secondary N) is 2. The van der Waals surface area contributed by atoms with Gasteiger partial charge in [0.05, 0.1) is 18.6 Å². The van der Waals surface area contributed by atoms with Crippen LogP contribution in [-0.4, -0.2) is 37.0 Å². The molecule has 176 valence electrons. The van der Waals surface area contributed by atoms with Crippen molar-refractivity contribution in [3.63, 3.8) is 0 Å². The van der Waals surface area contributed by atoms with Crippen molar-refractivity contribution >= 4 is 35.1 Å². The van der Waals surface area contributed by atoms with E-state index in [1.54, 1.807) is 31.2 Å². The summed E-state index contributed by atoms with van der Waals surface area (Å²) in [6.07, 6.45) is 1.28. The van der Waals surface area contributed by atoms with E-state index in [2.05, 4.69) is 10.6 Å². The molecule has 0 spiro atoms. The van der Waals surface area contributed by atoms with Crippen LogP contribution in [0.25, 0.3) is 0 Å². The molecule has 0 aliphatic rings. The van der Waals surface area contributed by atoms with Gasteiger partial charge in [0.2, 0.25) is 5.91 Å². The molecule has 0 heterocycles. The Balaban J connectivity index is 1.76. The molecule has 2 amide bonds. The van der Waals surface area contributed by atoms with Gasteiger partial charge in [-0.05, 0) is 55.2 Å². The zero-order chi connectivity index (χ0) is 24.2. The summed E-state index contributed by atoms with van der Waals surface area (Å²) in [5.74, 6) is -1.89. The summed E-state index contributed by atoms with van der Waals surface area (Å²) < 4.78 is 9.91. The van der Waals surface area contributed by atoms with Crippen LogP contribution in [0.2, 0.25) is 0 Å². The molecule has 0 saturated carbocycles. The van der Waals surface area contributed by atoms with Crippen molar-refractivity contribution in [1.29, 1.82) is 0 Å². The third kappa shape index (κ3) is 8.07. The normalized spacial score (nSPS) is 10.3. The summed E-state index contributed by atoms with van der Waals surface area (Å²) in [7, 11) is 0. The second-order valence-electron chi connectivity index (χ2n) is 7.21. The highest BCUT2D eigenvalue weighted by Gasteiger charge is 2.14. The van der Waals surface area contributed by atoms with E-state index in [1.807, 2.05) is 32.0 Å². The number of rotatable bonds is 11. The lowest BCUT2D eigenvalue weighted by Gasteiger charge is -2.14. The summed E-state index contributed by atoms with van der Waals surface area (Å²) in [6, 6.07) is 12.1. The zero-order valence-corrected chi connectivity index (χ0v) is 19.2. The van der Waals surface area contributed by atoms with Gasteiger partial charge in [-0.2, -0.15) is 0 Å². The number of amides is 2. The number of esters is 2. The van der Waals surface area contributed by atoms with Crippen molar-refractivity contribution in [2.24, 2.45) is 0 Å². The third-order valence-electron chi connectivity index (χ3n) is 4.86. The van der Waals surface area contributed by atoms with Crippen LogP contribution in [-0.2, 0) is 36.7 Å². The van der Waals surface area contributed by atoms with Crippen molar-refractivity contribution in [2.75, 3.05) is 23.8 Å². The number of carbonyl (C=O) groups is 4. The minimum Gasteiger partial charge on any atom is -0.462 e. The number of hydrogen-bond donors (Lipinski definition) is 2. The van der Waals surface area contributed by atoms with Crippen molar-refractivity contribution < 1.29 is 28.7 Å². The Morgan fingerprint density at radius 1 is 0.758 bits per heavy atom. The fourth-order valence-electron chi connectivity index (χ4n) is 3.14. The molecule has 0 unspecified atom stereocenters. The van der Waals surface area contributed by atoms with Gasteiger partial charge < -0.3 is 20.1 Å². The van der Waals surface area contributed by atoms with E-state index in [9.17, 15) is 19.2 Å². The number of anilines is 2. The Labute approximate surface area is 193 Å². The minimum atomic E-state index is -0.641. The highest BCUT2D eigenvalue weighted by Crippen LogP contribution is 2.22. The molecule has 0 radical (unpaired) electrons. The number of aryl methyl sites for hydroxylation is 2. The lowest BCUT2D eigenvalue weighted by atomic mass is 10.0. The molecule has 33 heavy (non-hydrogen) atoms. The van der Waals surface area contributed by atoms with E-state index in [1.165, 1.54) is 0 Å². The first-order valence-corrected chi connectivity index (χ1v) is 11.0. The van der Waals surface area contributed by atoms with E-state index in [0.717, 1.165) is 29.7 Å². The smallest absolute Gasteiger partial charge is 0.338 e. The predicted molar refractivity (Wildman–Crippen MR) is 125 cm³/mol. The highest BCUT2D eigenvalue weighted by molar-refractivity contribution is 5.96. The first-order chi connectivity index (χ1) is 15.9. The van der Waals surface area contributed by atoms with Gasteiger partial charge in [-0.1, -0.05) is 32.0 Å². The van der Waals surface area contributed by atoms with Gasteiger partial charge in [-0.15, -0.1) is 0 Å². The van der Waals surface area contributed by atoms with Crippen LogP contribution in [0.1, 0.15) is 55.1 Å². The van der Waals surface area contributed by atoms with Gasteiger partial charge >= 0.3 is 11.9 Å². The third-order valence-corrected chi connectivity index (χ3v) is 4.86. The standard InChI is InChI=1S/C25H30N2O6/c1-4-17-8-7-9-18(5-2)24(17)27-22(29)16-33-23(30)15-14-21(28)26-20-12-10-19(11-13-20)25(31)32-6-3/h7-13H,4-6,14-16H2,1-3H3,(H,26,28)(H,27,29). The Morgan fingerprint density at radius 2 is 1.39 bits per heavy atom. The first-order valence-electron chi connectivity index (χ1n) is 11.0. The quantitative estimate of drug-likeness (QED) is 0.499. The summed E-state index contributed by atoms with van der Waals surface area (Å²) in [5.41, 5.74) is 3.66. The lowest BCUT2D eigenvalue weighted by molar-refractivity contribution is -0.147. The van der Waals surface area contributed by atoms with Gasteiger partial charge in [0, 0.05) is 17.8 Å². The fourth-order valence-corrected chi connectivity index (χ4v) is 3.14. The monoisotopic (exact) mass is 454 g/mol. The predicted octanol–water partition coefficient (Wildman–Crippen LogP) is 3.89. The van der Waals surface area contributed by atoms with Crippen LogP contribution in [0.3, 0.4) is 0 Å². The van der Waals surface area contributed by atoms with Crippen molar-refractivity contribution in [1.82, 2.24) is 0 Å². The van der Waals surface area contributed by atoms with E-state index in [0.29, 0.717) is 11.3 Å². The van der Waals surface area contributed by atoms with Gasteiger partial charge in [-0.3, -0.25) is 14.4 Å². The molecule has 0 atom stereocenters. The molecule has 2 N–H and O–H groups in total. The van der Waals surface area contributed by atoms with E-state index < -0.39 is 24.5 Å². The van der Waals surface area contributed by atoms with Crippen LogP contribution >= 0.6 is 0 Å². The van der Waals surface area contributed by atoms with Crippen molar-refractivity contribution in [3.8, 4) is 0 Å². The maximum absolute atomic E-state index is 12.2. The maximum atomic E-state index is 12.2. The molecule has 0 bridgehead atoms. The van der Waals surface area contributed by atoms with Gasteiger partial charge in [-0.25, -0.2) is 4.79 Å². The molecule has 0 aromatic heterocycles. The van der Waals surface area contributed by atoms with Crippen LogP contribution < -0.4 is 10.6 Å². The number of ether oxygens (including phenoxy) is 2. The zero-order valence-electron chi connectivity index (χ0n) is 19.2. The van der Waals surface area contributed by atoms with E-state index >= 15 is 0 Å². The fraction of sp³-hybridized carbons (Fsp3) is 0.360. The summed E-state index contributed by atoms with van der Waals surface area (Å²) in [5, 5.41) is 5.47. The topological polar surface area (TPSA) is 111 Å². The van der Waals surface area contributed by atoms with Crippen molar-refractivity contribution in [3.05, 3.63) is 59.2 Å². The van der Waals surface area contributed by atoms with E-state index in [-0.39, 0.29) is 25.4 Å². The molecule has 8 heteroatoms. The Morgan fingerprint density at radius 3 is 1.97 bits per heavy atom. The molecular weight excluding hydrogens is 424 g/mol. The summed E-state index contributed by atoms with van der Waals surface area (Å²) in [6.45, 7) is 5.59. The van der Waals surface area contributed by atoms with Crippen LogP contribution in [0.15, 0.2) is 42.5 Å². The molecular formula is C25H30N2O6. The van der Waals surface area contributed by atoms with Crippen molar-refractivity contribution in [2.45, 2.75) is 46.5 Å². The molecule has 0 aliphatic carbocycles. The summed E-state index contributed by atoms with van der Waals surface area (Å²) >= 11 is 0. The number of benzene rings is 2. The Hall–Kier alpha value is -3.68. The highest BCUT2D eigenvalue weighted by atomic mass is 16.5. The average Bonchev–Trinajstić information content (AvgIpc) is 2.82. The van der Waals surface area contributed by atoms with Crippen LogP contribution in [0.5, 0.6) is 0 Å². The molecule has 0 fully saturated rings. The SMILES string of the molecule is CCOC(=O)c1ccc(NC(=O)CCC(=O)OCC(=O)Nc2c(CC)cccc2CC)cc1. The molecule has 2 rings (SSSR count). The number of hydrogen-bond acceptors (Lipinski definition) is 6. The largest absolute Gasteiger partial charge is 0.462 e. The van der Waals surface area contributed by atoms with Crippen LogP contribution in [0.4, 0.5) is 11.4 Å².